The molecule has 2 rings (SSSR count). The number of hydrogen-bond acceptors (Lipinski definition) is 3. The molecule has 3 nitrogen and oxygen atoms in total. The van der Waals surface area contributed by atoms with Crippen molar-refractivity contribution in [2.45, 2.75) is 6.42 Å². The fourth-order valence-corrected chi connectivity index (χ4v) is 1.31. The molecule has 2 aromatic rings. The van der Waals surface area contributed by atoms with Gasteiger partial charge in [-0.25, -0.2) is 0 Å². The monoisotopic (exact) mass is 185 g/mol. The topological polar surface area (TPSA) is 51.8 Å². The summed E-state index contributed by atoms with van der Waals surface area (Å²) in [5.41, 5.74) is 8.65. The van der Waals surface area contributed by atoms with Crippen molar-refractivity contribution >= 4 is 5.69 Å². The van der Waals surface area contributed by atoms with Crippen LogP contribution < -0.4 is 5.73 Å². The highest BCUT2D eigenvalue weighted by molar-refractivity contribution is 5.47. The summed E-state index contributed by atoms with van der Waals surface area (Å²) >= 11 is 0. The Balaban J connectivity index is 2.24. The van der Waals surface area contributed by atoms with Crippen LogP contribution in [0.3, 0.4) is 0 Å². The third-order valence-electron chi connectivity index (χ3n) is 2.04. The van der Waals surface area contributed by atoms with Crippen LogP contribution >= 0.6 is 0 Å². The first kappa shape index (κ1) is 8.69. The minimum atomic E-state index is 0.737. The number of anilines is 1. The van der Waals surface area contributed by atoms with Crippen LogP contribution in [0.15, 0.2) is 42.9 Å². The van der Waals surface area contributed by atoms with Gasteiger partial charge in [0.05, 0.1) is 5.69 Å². The van der Waals surface area contributed by atoms with E-state index in [0.29, 0.717) is 0 Å². The predicted octanol–water partition coefficient (Wildman–Crippen LogP) is 1.65. The Morgan fingerprint density at radius 3 is 2.71 bits per heavy atom. The molecule has 14 heavy (non-hydrogen) atoms. The smallest absolute Gasteiger partial charge is 0.0631 e. The second-order valence-corrected chi connectivity index (χ2v) is 3.07. The van der Waals surface area contributed by atoms with Gasteiger partial charge in [-0.3, -0.25) is 9.97 Å². The molecule has 0 saturated carbocycles. The molecular weight excluding hydrogens is 174 g/mol. The third-order valence-corrected chi connectivity index (χ3v) is 2.04. The van der Waals surface area contributed by atoms with E-state index in [1.54, 1.807) is 18.6 Å². The van der Waals surface area contributed by atoms with Crippen LogP contribution in [-0.4, -0.2) is 9.97 Å². The molecule has 1 aromatic carbocycles. The second-order valence-electron chi connectivity index (χ2n) is 3.07. The quantitative estimate of drug-likeness (QED) is 0.724. The summed E-state index contributed by atoms with van der Waals surface area (Å²) in [6, 6.07) is 7.80. The molecule has 1 aromatic heterocycles. The number of hydrogen-bond donors (Lipinski definition) is 1. The van der Waals surface area contributed by atoms with Gasteiger partial charge in [0, 0.05) is 30.7 Å². The first-order chi connectivity index (χ1) is 6.86. The van der Waals surface area contributed by atoms with E-state index in [9.17, 15) is 0 Å². The summed E-state index contributed by atoms with van der Waals surface area (Å²) < 4.78 is 0. The molecule has 0 radical (unpaired) electrons. The molecular formula is C11H11N3. The molecule has 0 unspecified atom stereocenters. The minimum absolute atomic E-state index is 0.737. The summed E-state index contributed by atoms with van der Waals surface area (Å²) in [4.78, 5) is 8.20. The van der Waals surface area contributed by atoms with Gasteiger partial charge in [-0.15, -0.1) is 0 Å². The van der Waals surface area contributed by atoms with Crippen LogP contribution in [0.25, 0.3) is 0 Å². The first-order valence-corrected chi connectivity index (χ1v) is 4.44. The third kappa shape index (κ3) is 1.88. The van der Waals surface area contributed by atoms with Crippen molar-refractivity contribution < 1.29 is 0 Å². The van der Waals surface area contributed by atoms with Gasteiger partial charge in [-0.2, -0.15) is 0 Å². The summed E-state index contributed by atoms with van der Waals surface area (Å²) in [5, 5.41) is 0. The molecule has 0 bridgehead atoms. The normalized spacial score (nSPS) is 10.0. The van der Waals surface area contributed by atoms with Gasteiger partial charge in [0.15, 0.2) is 0 Å². The second kappa shape index (κ2) is 3.87. The molecule has 0 aliphatic carbocycles. The number of para-hydroxylation sites is 1. The number of nitrogens with two attached hydrogens (primary N) is 1. The Bertz CT molecular complexity index is 412. The highest BCUT2D eigenvalue weighted by Gasteiger charge is 1.99. The molecule has 0 aliphatic heterocycles. The molecule has 0 spiro atoms. The Morgan fingerprint density at radius 1 is 1.14 bits per heavy atom. The van der Waals surface area contributed by atoms with E-state index >= 15 is 0 Å². The highest BCUT2D eigenvalue weighted by Crippen LogP contribution is 2.13. The van der Waals surface area contributed by atoms with Crippen LogP contribution in [0.1, 0.15) is 11.3 Å². The Morgan fingerprint density at radius 2 is 2.00 bits per heavy atom. The molecule has 3 heteroatoms. The average molecular weight is 185 g/mol. The van der Waals surface area contributed by atoms with E-state index in [0.717, 1.165) is 23.4 Å². The number of aromatic nitrogens is 2. The fourth-order valence-electron chi connectivity index (χ4n) is 1.31. The van der Waals surface area contributed by atoms with Crippen LogP contribution in [0.4, 0.5) is 5.69 Å². The van der Waals surface area contributed by atoms with Gasteiger partial charge in [0.1, 0.15) is 0 Å². The van der Waals surface area contributed by atoms with Crippen molar-refractivity contribution in [3.05, 3.63) is 54.1 Å². The van der Waals surface area contributed by atoms with Crippen LogP contribution in [-0.2, 0) is 6.42 Å². The van der Waals surface area contributed by atoms with Gasteiger partial charge in [0.25, 0.3) is 0 Å². The van der Waals surface area contributed by atoms with E-state index in [-0.39, 0.29) is 0 Å². The number of benzene rings is 1. The fraction of sp³-hybridized carbons (Fsp3) is 0.0909. The van der Waals surface area contributed by atoms with E-state index in [4.69, 9.17) is 5.73 Å². The maximum absolute atomic E-state index is 5.82. The Hall–Kier alpha value is -1.90. The predicted molar refractivity (Wildman–Crippen MR) is 55.7 cm³/mol. The largest absolute Gasteiger partial charge is 0.398 e. The van der Waals surface area contributed by atoms with Crippen molar-refractivity contribution in [1.29, 1.82) is 0 Å². The lowest BCUT2D eigenvalue weighted by Gasteiger charge is -2.03. The first-order valence-electron chi connectivity index (χ1n) is 4.44. The number of rotatable bonds is 2. The summed E-state index contributed by atoms with van der Waals surface area (Å²) in [6.45, 7) is 0. The van der Waals surface area contributed by atoms with Crippen LogP contribution in [0.2, 0.25) is 0 Å². The Kier molecular flexibility index (Phi) is 2.40. The highest BCUT2D eigenvalue weighted by atomic mass is 14.8. The van der Waals surface area contributed by atoms with Crippen molar-refractivity contribution in [2.75, 3.05) is 5.73 Å². The molecule has 0 atom stereocenters. The molecule has 0 fully saturated rings. The maximum Gasteiger partial charge on any atom is 0.0631 e. The zero-order valence-electron chi connectivity index (χ0n) is 7.72. The number of nitrogen functional groups attached to an aromatic ring is 1. The lowest BCUT2D eigenvalue weighted by atomic mass is 10.1. The average Bonchev–Trinajstić information content (AvgIpc) is 2.23. The molecule has 2 N–H and O–H groups in total. The van der Waals surface area contributed by atoms with E-state index in [1.807, 2.05) is 24.3 Å². The van der Waals surface area contributed by atoms with Gasteiger partial charge < -0.3 is 5.73 Å². The van der Waals surface area contributed by atoms with Crippen LogP contribution in [0.5, 0.6) is 0 Å². The van der Waals surface area contributed by atoms with E-state index in [2.05, 4.69) is 9.97 Å². The molecule has 0 amide bonds. The molecule has 0 saturated heterocycles. The van der Waals surface area contributed by atoms with E-state index in [1.165, 1.54) is 0 Å². The minimum Gasteiger partial charge on any atom is -0.398 e. The summed E-state index contributed by atoms with van der Waals surface area (Å²) in [7, 11) is 0. The SMILES string of the molecule is Nc1ccccc1Cc1cnccn1. The zero-order chi connectivity index (χ0) is 9.80. The van der Waals surface area contributed by atoms with Crippen molar-refractivity contribution in [2.24, 2.45) is 0 Å². The molecule has 0 aliphatic rings. The molecule has 1 heterocycles. The van der Waals surface area contributed by atoms with Crippen molar-refractivity contribution in [3.63, 3.8) is 0 Å². The lowest BCUT2D eigenvalue weighted by molar-refractivity contribution is 1.03. The maximum atomic E-state index is 5.82. The standard InChI is InChI=1S/C11H11N3/c12-11-4-2-1-3-9(11)7-10-8-13-5-6-14-10/h1-6,8H,7,12H2. The lowest BCUT2D eigenvalue weighted by Crippen LogP contribution is -1.97. The summed E-state index contributed by atoms with van der Waals surface area (Å²) in [6.07, 6.45) is 5.85. The van der Waals surface area contributed by atoms with Gasteiger partial charge >= 0.3 is 0 Å². The van der Waals surface area contributed by atoms with E-state index < -0.39 is 0 Å². The zero-order valence-corrected chi connectivity index (χ0v) is 7.72. The van der Waals surface area contributed by atoms with Gasteiger partial charge in [0.2, 0.25) is 0 Å². The summed E-state index contributed by atoms with van der Waals surface area (Å²) in [5.74, 6) is 0. The Labute approximate surface area is 82.6 Å². The van der Waals surface area contributed by atoms with Crippen molar-refractivity contribution in [3.8, 4) is 0 Å². The van der Waals surface area contributed by atoms with Gasteiger partial charge in [-0.05, 0) is 11.6 Å². The van der Waals surface area contributed by atoms with Crippen molar-refractivity contribution in [1.82, 2.24) is 9.97 Å². The number of nitrogens with zero attached hydrogens (tertiary/aromatic N) is 2. The van der Waals surface area contributed by atoms with Gasteiger partial charge in [-0.1, -0.05) is 18.2 Å². The van der Waals surface area contributed by atoms with Crippen LogP contribution in [0, 0.1) is 0 Å². The molecule has 70 valence electrons.